The fourth-order valence-electron chi connectivity index (χ4n) is 1.11. The number of carbonyl (C=O) groups is 1. The van der Waals surface area contributed by atoms with E-state index in [4.69, 9.17) is 5.11 Å². The summed E-state index contributed by atoms with van der Waals surface area (Å²) in [6, 6.07) is 0. The summed E-state index contributed by atoms with van der Waals surface area (Å²) in [5, 5.41) is 11.7. The Morgan fingerprint density at radius 3 is 2.81 bits per heavy atom. The normalized spacial score (nSPS) is 12.1. The summed E-state index contributed by atoms with van der Waals surface area (Å²) in [5.41, 5.74) is -0.0971. The molecule has 0 spiro atoms. The summed E-state index contributed by atoms with van der Waals surface area (Å²) in [6.45, 7) is 0.526. The van der Waals surface area contributed by atoms with Crippen LogP contribution >= 0.6 is 0 Å². The van der Waals surface area contributed by atoms with Gasteiger partial charge in [0.1, 0.15) is 0 Å². The highest BCUT2D eigenvalue weighted by Crippen LogP contribution is 2.07. The van der Waals surface area contributed by atoms with Crippen molar-refractivity contribution in [3.05, 3.63) is 18.1 Å². The van der Waals surface area contributed by atoms with Crippen molar-refractivity contribution in [2.24, 2.45) is 0 Å². The molecule has 0 amide bonds. The first-order chi connectivity index (χ1) is 7.61. The molecule has 1 atom stereocenters. The van der Waals surface area contributed by atoms with Crippen LogP contribution in [0.15, 0.2) is 12.4 Å². The van der Waals surface area contributed by atoms with E-state index in [1.807, 2.05) is 0 Å². The van der Waals surface area contributed by atoms with Gasteiger partial charge in [0.15, 0.2) is 11.5 Å². The maximum absolute atomic E-state index is 10.8. The molecular formula is C9H13N3O3S. The highest BCUT2D eigenvalue weighted by atomic mass is 32.2. The Morgan fingerprint density at radius 1 is 1.50 bits per heavy atom. The van der Waals surface area contributed by atoms with E-state index in [0.717, 1.165) is 0 Å². The molecule has 0 radical (unpaired) electrons. The number of aromatic nitrogens is 2. The fourth-order valence-corrected chi connectivity index (χ4v) is 1.66. The van der Waals surface area contributed by atoms with Gasteiger partial charge >= 0.3 is 5.97 Å². The van der Waals surface area contributed by atoms with Gasteiger partial charge in [0.25, 0.3) is 0 Å². The van der Waals surface area contributed by atoms with Crippen LogP contribution in [0.1, 0.15) is 16.9 Å². The van der Waals surface area contributed by atoms with Gasteiger partial charge in [-0.05, 0) is 6.42 Å². The average Bonchev–Trinajstić information content (AvgIpc) is 2.24. The van der Waals surface area contributed by atoms with Crippen molar-refractivity contribution in [2.75, 3.05) is 23.9 Å². The molecule has 0 aliphatic rings. The first-order valence-electron chi connectivity index (χ1n) is 4.69. The molecular weight excluding hydrogens is 230 g/mol. The Balaban J connectivity index is 2.53. The predicted molar refractivity (Wildman–Crippen MR) is 61.0 cm³/mol. The van der Waals surface area contributed by atoms with E-state index in [1.165, 1.54) is 12.4 Å². The van der Waals surface area contributed by atoms with Crippen molar-refractivity contribution in [3.63, 3.8) is 0 Å². The summed E-state index contributed by atoms with van der Waals surface area (Å²) in [5.74, 6) is -0.290. The molecule has 7 heteroatoms. The molecule has 1 aromatic heterocycles. The topological polar surface area (TPSA) is 92.2 Å². The zero-order chi connectivity index (χ0) is 12.0. The maximum atomic E-state index is 10.8. The van der Waals surface area contributed by atoms with Crippen LogP contribution in [0.3, 0.4) is 0 Å². The molecule has 1 rings (SSSR count). The van der Waals surface area contributed by atoms with Gasteiger partial charge in [0, 0.05) is 41.7 Å². The molecule has 0 fully saturated rings. The second kappa shape index (κ2) is 6.16. The lowest BCUT2D eigenvalue weighted by molar-refractivity contribution is 0.0691. The van der Waals surface area contributed by atoms with Gasteiger partial charge in [-0.1, -0.05) is 0 Å². The lowest BCUT2D eigenvalue weighted by atomic mass is 10.4. The molecule has 0 aliphatic heterocycles. The van der Waals surface area contributed by atoms with E-state index in [-0.39, 0.29) is 11.5 Å². The Labute approximate surface area is 95.6 Å². The molecule has 1 heterocycles. The summed E-state index contributed by atoms with van der Waals surface area (Å²) in [7, 11) is -0.830. The number of hydrogen-bond donors (Lipinski definition) is 2. The number of nitrogens with zero attached hydrogens (tertiary/aromatic N) is 2. The summed E-state index contributed by atoms with van der Waals surface area (Å²) in [6.07, 6.45) is 5.08. The van der Waals surface area contributed by atoms with Gasteiger partial charge in [-0.2, -0.15) is 0 Å². The predicted octanol–water partition coefficient (Wildman–Crippen LogP) is 0.355. The number of carboxylic acids is 1. The largest absolute Gasteiger partial charge is 0.476 e. The number of anilines is 1. The van der Waals surface area contributed by atoms with E-state index in [2.05, 4.69) is 15.3 Å². The molecule has 88 valence electrons. The minimum absolute atomic E-state index is 0.0971. The Kier molecular flexibility index (Phi) is 4.84. The second-order valence-corrected chi connectivity index (χ2v) is 4.67. The van der Waals surface area contributed by atoms with Gasteiger partial charge in [-0.15, -0.1) is 0 Å². The molecule has 0 saturated heterocycles. The fraction of sp³-hybridized carbons (Fsp3) is 0.444. The highest BCUT2D eigenvalue weighted by Gasteiger charge is 2.11. The lowest BCUT2D eigenvalue weighted by Gasteiger charge is -2.06. The van der Waals surface area contributed by atoms with Gasteiger partial charge in [0.05, 0.1) is 0 Å². The van der Waals surface area contributed by atoms with Crippen molar-refractivity contribution in [2.45, 2.75) is 6.42 Å². The summed E-state index contributed by atoms with van der Waals surface area (Å²) >= 11 is 0. The minimum atomic E-state index is -1.12. The first-order valence-corrected chi connectivity index (χ1v) is 6.42. The van der Waals surface area contributed by atoms with Crippen molar-refractivity contribution >= 4 is 22.6 Å². The van der Waals surface area contributed by atoms with Gasteiger partial charge in [-0.25, -0.2) is 14.8 Å². The van der Waals surface area contributed by atoms with Crippen LogP contribution < -0.4 is 5.32 Å². The van der Waals surface area contributed by atoms with Crippen molar-refractivity contribution in [1.82, 2.24) is 9.97 Å². The summed E-state index contributed by atoms with van der Waals surface area (Å²) in [4.78, 5) is 18.4. The zero-order valence-corrected chi connectivity index (χ0v) is 9.66. The number of nitrogens with one attached hydrogen (secondary N) is 1. The SMILES string of the molecule is CS(=O)CCCNc1nccnc1C(=O)O. The molecule has 0 aliphatic carbocycles. The second-order valence-electron chi connectivity index (χ2n) is 3.12. The van der Waals surface area contributed by atoms with E-state index in [1.54, 1.807) is 6.26 Å². The standard InChI is InChI=1S/C9H13N3O3S/c1-16(15)6-2-3-11-8-7(9(13)14)10-4-5-12-8/h4-5H,2-3,6H2,1H3,(H,11,12)(H,13,14). The third-order valence-electron chi connectivity index (χ3n) is 1.80. The monoisotopic (exact) mass is 243 g/mol. The van der Waals surface area contributed by atoms with Crippen LogP contribution in [0.25, 0.3) is 0 Å². The molecule has 0 bridgehead atoms. The van der Waals surface area contributed by atoms with Gasteiger partial charge in [0.2, 0.25) is 0 Å². The number of carboxylic acid groups (broad SMARTS) is 1. The molecule has 1 aromatic rings. The average molecular weight is 243 g/mol. The van der Waals surface area contributed by atoms with Crippen LogP contribution in [0.5, 0.6) is 0 Å². The number of rotatable bonds is 6. The van der Waals surface area contributed by atoms with Crippen molar-refractivity contribution < 1.29 is 14.1 Å². The summed E-state index contributed by atoms with van der Waals surface area (Å²) < 4.78 is 10.8. The Bertz CT molecular complexity index is 397. The van der Waals surface area contributed by atoms with Crippen molar-refractivity contribution in [3.8, 4) is 0 Å². The van der Waals surface area contributed by atoms with E-state index in [9.17, 15) is 9.00 Å². The Morgan fingerprint density at radius 2 is 2.19 bits per heavy atom. The van der Waals surface area contributed by atoms with Gasteiger partial charge in [-0.3, -0.25) is 4.21 Å². The molecule has 0 aromatic carbocycles. The molecule has 2 N–H and O–H groups in total. The lowest BCUT2D eigenvalue weighted by Crippen LogP contribution is -2.12. The van der Waals surface area contributed by atoms with E-state index >= 15 is 0 Å². The van der Waals surface area contributed by atoms with Crippen molar-refractivity contribution in [1.29, 1.82) is 0 Å². The Hall–Kier alpha value is -1.50. The number of hydrogen-bond acceptors (Lipinski definition) is 5. The van der Waals surface area contributed by atoms with Crippen LogP contribution in [0.2, 0.25) is 0 Å². The molecule has 6 nitrogen and oxygen atoms in total. The number of aromatic carboxylic acids is 1. The quantitative estimate of drug-likeness (QED) is 0.701. The molecule has 1 unspecified atom stereocenters. The van der Waals surface area contributed by atoms with Crippen LogP contribution in [0, 0.1) is 0 Å². The van der Waals surface area contributed by atoms with Crippen LogP contribution in [0.4, 0.5) is 5.82 Å². The maximum Gasteiger partial charge on any atom is 0.358 e. The zero-order valence-electron chi connectivity index (χ0n) is 8.84. The smallest absolute Gasteiger partial charge is 0.358 e. The van der Waals surface area contributed by atoms with E-state index in [0.29, 0.717) is 18.7 Å². The first kappa shape index (κ1) is 12.6. The van der Waals surface area contributed by atoms with E-state index < -0.39 is 16.8 Å². The van der Waals surface area contributed by atoms with Crippen LogP contribution in [-0.4, -0.2) is 43.8 Å². The minimum Gasteiger partial charge on any atom is -0.476 e. The van der Waals surface area contributed by atoms with Crippen LogP contribution in [-0.2, 0) is 10.8 Å². The molecule has 0 saturated carbocycles. The third-order valence-corrected chi connectivity index (χ3v) is 2.67. The third kappa shape index (κ3) is 3.93. The molecule has 16 heavy (non-hydrogen) atoms. The highest BCUT2D eigenvalue weighted by molar-refractivity contribution is 7.84. The van der Waals surface area contributed by atoms with Gasteiger partial charge < -0.3 is 10.4 Å².